The smallest absolute Gasteiger partial charge is 0.234 e. The van der Waals surface area contributed by atoms with Gasteiger partial charge in [0.2, 0.25) is 5.95 Å². The van der Waals surface area contributed by atoms with E-state index in [-0.39, 0.29) is 24.6 Å². The highest BCUT2D eigenvalue weighted by Gasteiger charge is 1.96. The van der Waals surface area contributed by atoms with Crippen molar-refractivity contribution in [2.24, 2.45) is 0 Å². The summed E-state index contributed by atoms with van der Waals surface area (Å²) in [5.74, 6) is 0.166. The number of nitrogens with zero attached hydrogens (tertiary/aromatic N) is 4. The van der Waals surface area contributed by atoms with Gasteiger partial charge >= 0.3 is 0 Å². The lowest BCUT2D eigenvalue weighted by atomic mass is 10.7. The summed E-state index contributed by atoms with van der Waals surface area (Å²) in [5.41, 5.74) is 0. The van der Waals surface area contributed by atoms with Crippen LogP contribution >= 0.6 is 15.9 Å². The van der Waals surface area contributed by atoms with Gasteiger partial charge in [0, 0.05) is 24.7 Å². The Labute approximate surface area is 81.6 Å². The van der Waals surface area contributed by atoms with Gasteiger partial charge in [-0.05, 0) is 15.9 Å². The molecule has 0 saturated carbocycles. The molecule has 0 aromatic carbocycles. The summed E-state index contributed by atoms with van der Waals surface area (Å²) >= 11 is 3.18. The highest BCUT2D eigenvalue weighted by molar-refractivity contribution is 9.10. The van der Waals surface area contributed by atoms with E-state index in [4.69, 9.17) is 4.11 Å². The van der Waals surface area contributed by atoms with Crippen molar-refractivity contribution < 1.29 is 4.11 Å². The standard InChI is InChI=1S/C7H5BrN4/c8-6-3-10-7(11-4-6)12-2-1-9-5-12/h1-5H/i1D,2D,5D. The van der Waals surface area contributed by atoms with Crippen molar-refractivity contribution in [1.29, 1.82) is 0 Å². The molecule has 0 N–H and O–H groups in total. The van der Waals surface area contributed by atoms with Crippen LogP contribution in [0.4, 0.5) is 0 Å². The van der Waals surface area contributed by atoms with E-state index in [1.54, 1.807) is 0 Å². The molecule has 4 nitrogen and oxygen atoms in total. The molecule has 0 aliphatic rings. The number of aromatic nitrogens is 4. The highest BCUT2D eigenvalue weighted by Crippen LogP contribution is 2.06. The lowest BCUT2D eigenvalue weighted by molar-refractivity contribution is 0.921. The van der Waals surface area contributed by atoms with Crippen LogP contribution in [0.25, 0.3) is 5.95 Å². The molecule has 0 radical (unpaired) electrons. The monoisotopic (exact) mass is 227 g/mol. The summed E-state index contributed by atoms with van der Waals surface area (Å²) in [6, 6.07) is 0. The van der Waals surface area contributed by atoms with E-state index < -0.39 is 0 Å². The molecule has 2 aromatic rings. The Kier molecular flexibility index (Phi) is 1.19. The summed E-state index contributed by atoms with van der Waals surface area (Å²) in [5, 5.41) is 0. The number of imidazole rings is 1. The predicted molar refractivity (Wildman–Crippen MR) is 46.9 cm³/mol. The van der Waals surface area contributed by atoms with Crippen LogP contribution in [0.5, 0.6) is 0 Å². The molecule has 2 heterocycles. The summed E-state index contributed by atoms with van der Waals surface area (Å²) < 4.78 is 24.0. The van der Waals surface area contributed by atoms with Gasteiger partial charge in [-0.1, -0.05) is 0 Å². The largest absolute Gasteiger partial charge is 0.274 e. The number of halogens is 1. The van der Waals surface area contributed by atoms with E-state index in [9.17, 15) is 0 Å². The van der Waals surface area contributed by atoms with Gasteiger partial charge in [-0.25, -0.2) is 15.0 Å². The van der Waals surface area contributed by atoms with Crippen LogP contribution in [-0.4, -0.2) is 19.5 Å². The van der Waals surface area contributed by atoms with Gasteiger partial charge in [0.05, 0.1) is 7.21 Å². The maximum Gasteiger partial charge on any atom is 0.234 e. The molecule has 2 rings (SSSR count). The Bertz CT molecular complexity index is 496. The first-order valence-corrected chi connectivity index (χ1v) is 3.89. The lowest BCUT2D eigenvalue weighted by Gasteiger charge is -1.97. The molecule has 0 saturated heterocycles. The molecule has 0 spiro atoms. The van der Waals surface area contributed by atoms with Crippen LogP contribution in [0.1, 0.15) is 4.11 Å². The molecule has 2 aromatic heterocycles. The van der Waals surface area contributed by atoms with Gasteiger partial charge in [0.1, 0.15) is 7.67 Å². The number of hydrogen-bond donors (Lipinski definition) is 0. The second kappa shape index (κ2) is 3.02. The third-order valence-corrected chi connectivity index (χ3v) is 1.58. The first-order chi connectivity index (χ1) is 7.09. The van der Waals surface area contributed by atoms with Crippen molar-refractivity contribution in [2.75, 3.05) is 0 Å². The van der Waals surface area contributed by atoms with E-state index in [0.29, 0.717) is 4.47 Å². The average Bonchev–Trinajstić information content (AvgIpc) is 2.44. The topological polar surface area (TPSA) is 43.6 Å². The van der Waals surface area contributed by atoms with E-state index in [2.05, 4.69) is 30.9 Å². The molecule has 0 aliphatic carbocycles. The molecule has 12 heavy (non-hydrogen) atoms. The molecular weight excluding hydrogens is 220 g/mol. The second-order valence-electron chi connectivity index (χ2n) is 1.97. The first-order valence-electron chi connectivity index (χ1n) is 4.60. The van der Waals surface area contributed by atoms with Crippen molar-refractivity contribution >= 4 is 15.9 Å². The van der Waals surface area contributed by atoms with Crippen LogP contribution in [-0.2, 0) is 0 Å². The van der Waals surface area contributed by atoms with Crippen LogP contribution in [0.2, 0.25) is 0 Å². The summed E-state index contributed by atoms with van der Waals surface area (Å²) in [7, 11) is 0. The van der Waals surface area contributed by atoms with Gasteiger partial charge in [-0.3, -0.25) is 4.57 Å². The normalized spacial score (nSPS) is 13.6. The zero-order valence-corrected chi connectivity index (χ0v) is 7.41. The number of hydrogen-bond acceptors (Lipinski definition) is 3. The fraction of sp³-hybridized carbons (Fsp3) is 0. The van der Waals surface area contributed by atoms with Gasteiger partial charge < -0.3 is 0 Å². The molecule has 0 amide bonds. The molecule has 0 fully saturated rings. The molecule has 0 atom stereocenters. The third kappa shape index (κ3) is 1.35. The highest BCUT2D eigenvalue weighted by atomic mass is 79.9. The predicted octanol–water partition coefficient (Wildman–Crippen LogP) is 1.42. The zero-order chi connectivity index (χ0) is 11.0. The Morgan fingerprint density at radius 2 is 2.17 bits per heavy atom. The van der Waals surface area contributed by atoms with Crippen molar-refractivity contribution in [3.05, 3.63) is 35.5 Å². The maximum atomic E-state index is 7.51. The minimum atomic E-state index is -0.258. The molecule has 5 heteroatoms. The van der Waals surface area contributed by atoms with Crippen LogP contribution in [0.15, 0.2) is 35.5 Å². The molecule has 0 aliphatic heterocycles. The maximum absolute atomic E-state index is 7.51. The third-order valence-electron chi connectivity index (χ3n) is 1.17. The van der Waals surface area contributed by atoms with Crippen LogP contribution in [0, 0.1) is 0 Å². The van der Waals surface area contributed by atoms with Gasteiger partial charge in [0.25, 0.3) is 0 Å². The Morgan fingerprint density at radius 1 is 1.42 bits per heavy atom. The van der Waals surface area contributed by atoms with Crippen molar-refractivity contribution in [2.45, 2.75) is 0 Å². The average molecular weight is 228 g/mol. The van der Waals surface area contributed by atoms with E-state index >= 15 is 0 Å². The quantitative estimate of drug-likeness (QED) is 0.741. The molecule has 0 unspecified atom stereocenters. The van der Waals surface area contributed by atoms with E-state index in [1.807, 2.05) is 0 Å². The zero-order valence-electron chi connectivity index (χ0n) is 8.82. The molecular formula is C7H5BrN4. The van der Waals surface area contributed by atoms with Gasteiger partial charge in [0.15, 0.2) is 0 Å². The SMILES string of the molecule is [2H]c1nc([2H])n(-c2ncc(Br)cn2)c1[2H]. The molecule has 0 bridgehead atoms. The molecule has 60 valence electrons. The summed E-state index contributed by atoms with van der Waals surface area (Å²) in [6.07, 6.45) is 2.34. The van der Waals surface area contributed by atoms with Crippen LogP contribution in [0.3, 0.4) is 0 Å². The Hall–Kier alpha value is -1.23. The Morgan fingerprint density at radius 3 is 2.75 bits per heavy atom. The van der Waals surface area contributed by atoms with Gasteiger partial charge in [-0.15, -0.1) is 0 Å². The number of rotatable bonds is 1. The van der Waals surface area contributed by atoms with Crippen molar-refractivity contribution in [3.8, 4) is 5.95 Å². The Balaban J connectivity index is 2.58. The first kappa shape index (κ1) is 4.71. The lowest BCUT2D eigenvalue weighted by Crippen LogP contribution is -1.96. The minimum absolute atomic E-state index is 0.166. The minimum Gasteiger partial charge on any atom is -0.274 e. The summed E-state index contributed by atoms with van der Waals surface area (Å²) in [6.45, 7) is 0. The van der Waals surface area contributed by atoms with E-state index in [1.165, 1.54) is 12.4 Å². The fourth-order valence-corrected chi connectivity index (χ4v) is 0.895. The van der Waals surface area contributed by atoms with Crippen molar-refractivity contribution in [3.63, 3.8) is 0 Å². The fourth-order valence-electron chi connectivity index (χ4n) is 0.691. The van der Waals surface area contributed by atoms with E-state index in [0.717, 1.165) is 4.57 Å². The van der Waals surface area contributed by atoms with Crippen LogP contribution < -0.4 is 0 Å². The van der Waals surface area contributed by atoms with Crippen molar-refractivity contribution in [1.82, 2.24) is 19.5 Å². The second-order valence-corrected chi connectivity index (χ2v) is 2.89. The summed E-state index contributed by atoms with van der Waals surface area (Å²) in [4.78, 5) is 11.4. The van der Waals surface area contributed by atoms with Gasteiger partial charge in [-0.2, -0.15) is 0 Å².